The second-order valence-corrected chi connectivity index (χ2v) is 9.06. The smallest absolute Gasteiger partial charge is 0.293 e. The van der Waals surface area contributed by atoms with Gasteiger partial charge in [-0.25, -0.2) is 4.99 Å². The van der Waals surface area contributed by atoms with Gasteiger partial charge in [0.15, 0.2) is 11.5 Å². The van der Waals surface area contributed by atoms with Gasteiger partial charge in [0.2, 0.25) is 0 Å². The maximum atomic E-state index is 6.51. The van der Waals surface area contributed by atoms with Crippen LogP contribution in [0.2, 0.25) is 0 Å². The number of amidine groups is 1. The van der Waals surface area contributed by atoms with Crippen LogP contribution in [-0.2, 0) is 17.7 Å². The zero-order chi connectivity index (χ0) is 22.8. The first-order chi connectivity index (χ1) is 16.2. The lowest BCUT2D eigenvalue weighted by atomic mass is 9.91. The van der Waals surface area contributed by atoms with Gasteiger partial charge in [-0.2, -0.15) is 0 Å². The Morgan fingerprint density at radius 2 is 1.67 bits per heavy atom. The summed E-state index contributed by atoms with van der Waals surface area (Å²) in [6.07, 6.45) is 0.884. The molecule has 0 aromatic heterocycles. The minimum atomic E-state index is -0.0600. The quantitative estimate of drug-likeness (QED) is 0.365. The molecule has 0 saturated carbocycles. The molecule has 0 bridgehead atoms. The van der Waals surface area contributed by atoms with E-state index in [1.807, 2.05) is 36.4 Å². The molecule has 5 rings (SSSR count). The van der Waals surface area contributed by atoms with Gasteiger partial charge in [-0.3, -0.25) is 0 Å². The van der Waals surface area contributed by atoms with Crippen molar-refractivity contribution in [3.05, 3.63) is 101 Å². The van der Waals surface area contributed by atoms with Gasteiger partial charge in [-0.05, 0) is 63.4 Å². The molecule has 6 heteroatoms. The van der Waals surface area contributed by atoms with Gasteiger partial charge in [0.25, 0.3) is 6.02 Å². The Kier molecular flexibility index (Phi) is 6.26. The van der Waals surface area contributed by atoms with Gasteiger partial charge in [0.1, 0.15) is 11.8 Å². The van der Waals surface area contributed by atoms with Crippen molar-refractivity contribution in [2.45, 2.75) is 19.0 Å². The fourth-order valence-corrected chi connectivity index (χ4v) is 5.17. The van der Waals surface area contributed by atoms with E-state index in [9.17, 15) is 0 Å². The molecule has 0 amide bonds. The minimum absolute atomic E-state index is 0.0600. The predicted octanol–water partition coefficient (Wildman–Crippen LogP) is 5.99. The highest BCUT2D eigenvalue weighted by atomic mass is 127. The Morgan fingerprint density at radius 1 is 1.00 bits per heavy atom. The standard InChI is InChI=1S/C27H25IN2O3/c1-31-22-15-20-13-14-30-25(21(20)16-23(22)32-2)26(24(28)19-11-7-4-8-12-19)33-27(30)29-17-18-9-5-3-6-10-18/h3-12,15-16,25H,13-14,17H2,1-2H3/b26-24+,29-27?. The number of aliphatic imine (C=N–C) groups is 1. The second kappa shape index (κ2) is 9.47. The highest BCUT2D eigenvalue weighted by Gasteiger charge is 2.43. The summed E-state index contributed by atoms with van der Waals surface area (Å²) in [6, 6.07) is 25.4. The molecule has 0 N–H and O–H groups in total. The van der Waals surface area contributed by atoms with E-state index in [2.05, 4.69) is 63.9 Å². The summed E-state index contributed by atoms with van der Waals surface area (Å²) in [7, 11) is 3.35. The molecule has 1 fully saturated rings. The molecule has 2 aliphatic rings. The molecule has 3 aromatic carbocycles. The van der Waals surface area contributed by atoms with E-state index >= 15 is 0 Å². The van der Waals surface area contributed by atoms with E-state index in [0.29, 0.717) is 12.6 Å². The Bertz CT molecular complexity index is 1210. The molecule has 1 unspecified atom stereocenters. The zero-order valence-corrected chi connectivity index (χ0v) is 20.8. The number of methoxy groups -OCH3 is 2. The van der Waals surface area contributed by atoms with Crippen molar-refractivity contribution in [2.75, 3.05) is 20.8 Å². The molecule has 2 heterocycles. The topological polar surface area (TPSA) is 43.3 Å². The lowest BCUT2D eigenvalue weighted by molar-refractivity contribution is 0.338. The second-order valence-electron chi connectivity index (χ2n) is 7.98. The number of benzene rings is 3. The SMILES string of the molecule is COc1cc2c(cc1OC)C1/C(=C(\I)c3ccccc3)OC(=NCc3ccccc3)N1CC2. The minimum Gasteiger partial charge on any atom is -0.493 e. The van der Waals surface area contributed by atoms with E-state index in [1.54, 1.807) is 14.2 Å². The maximum absolute atomic E-state index is 6.51. The van der Waals surface area contributed by atoms with Crippen molar-refractivity contribution in [3.8, 4) is 11.5 Å². The third-order valence-electron chi connectivity index (χ3n) is 6.05. The molecule has 0 aliphatic carbocycles. The summed E-state index contributed by atoms with van der Waals surface area (Å²) in [5.74, 6) is 2.38. The van der Waals surface area contributed by atoms with E-state index in [1.165, 1.54) is 11.1 Å². The average Bonchev–Trinajstić information content (AvgIpc) is 3.26. The van der Waals surface area contributed by atoms with Crippen LogP contribution in [0.3, 0.4) is 0 Å². The van der Waals surface area contributed by atoms with Crippen molar-refractivity contribution in [1.29, 1.82) is 0 Å². The van der Waals surface area contributed by atoms with Crippen LogP contribution in [0.4, 0.5) is 0 Å². The van der Waals surface area contributed by atoms with Crippen LogP contribution < -0.4 is 9.47 Å². The Labute approximate surface area is 207 Å². The summed E-state index contributed by atoms with van der Waals surface area (Å²) in [4.78, 5) is 7.15. The average molecular weight is 552 g/mol. The Balaban J connectivity index is 1.61. The summed E-state index contributed by atoms with van der Waals surface area (Å²) in [6.45, 7) is 1.40. The maximum Gasteiger partial charge on any atom is 0.293 e. The largest absolute Gasteiger partial charge is 0.493 e. The third kappa shape index (κ3) is 4.19. The number of hydrogen-bond donors (Lipinski definition) is 0. The fraction of sp³-hybridized carbons (Fsp3) is 0.222. The van der Waals surface area contributed by atoms with E-state index in [0.717, 1.165) is 44.9 Å². The van der Waals surface area contributed by atoms with Crippen LogP contribution in [0.1, 0.15) is 28.3 Å². The molecule has 3 aromatic rings. The molecular formula is C27H25IN2O3. The molecular weight excluding hydrogens is 527 g/mol. The third-order valence-corrected chi connectivity index (χ3v) is 7.21. The van der Waals surface area contributed by atoms with Crippen LogP contribution in [0.25, 0.3) is 3.58 Å². The first kappa shape index (κ1) is 21.8. The van der Waals surface area contributed by atoms with Crippen LogP contribution in [0.15, 0.2) is 83.5 Å². The summed E-state index contributed by atoms with van der Waals surface area (Å²) in [5.41, 5.74) is 4.70. The zero-order valence-electron chi connectivity index (χ0n) is 18.6. The highest BCUT2D eigenvalue weighted by Crippen LogP contribution is 2.48. The number of fused-ring (bicyclic) bond motifs is 3. The molecule has 5 nitrogen and oxygen atoms in total. The monoisotopic (exact) mass is 552 g/mol. The van der Waals surface area contributed by atoms with Crippen LogP contribution >= 0.6 is 22.6 Å². The van der Waals surface area contributed by atoms with Gasteiger partial charge >= 0.3 is 0 Å². The summed E-state index contributed by atoms with van der Waals surface area (Å²) >= 11 is 2.40. The summed E-state index contributed by atoms with van der Waals surface area (Å²) in [5, 5.41) is 0. The Morgan fingerprint density at radius 3 is 2.36 bits per heavy atom. The summed E-state index contributed by atoms with van der Waals surface area (Å²) < 4.78 is 18.8. The predicted molar refractivity (Wildman–Crippen MR) is 139 cm³/mol. The molecule has 1 atom stereocenters. The molecule has 2 aliphatic heterocycles. The van der Waals surface area contributed by atoms with Gasteiger partial charge in [0.05, 0.1) is 24.3 Å². The van der Waals surface area contributed by atoms with Crippen LogP contribution in [-0.4, -0.2) is 31.7 Å². The number of ether oxygens (including phenoxy) is 3. The highest BCUT2D eigenvalue weighted by molar-refractivity contribution is 14.1. The molecule has 1 saturated heterocycles. The normalized spacial score (nSPS) is 19.5. The van der Waals surface area contributed by atoms with Crippen molar-refractivity contribution < 1.29 is 14.2 Å². The van der Waals surface area contributed by atoms with E-state index in [-0.39, 0.29) is 6.04 Å². The number of nitrogens with zero attached hydrogens (tertiary/aromatic N) is 2. The van der Waals surface area contributed by atoms with Crippen molar-refractivity contribution in [1.82, 2.24) is 4.90 Å². The Hall–Kier alpha value is -3.00. The first-order valence-corrected chi connectivity index (χ1v) is 12.0. The van der Waals surface area contributed by atoms with Gasteiger partial charge < -0.3 is 19.1 Å². The van der Waals surface area contributed by atoms with Crippen molar-refractivity contribution in [2.24, 2.45) is 4.99 Å². The molecule has 0 radical (unpaired) electrons. The van der Waals surface area contributed by atoms with Crippen molar-refractivity contribution in [3.63, 3.8) is 0 Å². The number of hydrogen-bond acceptors (Lipinski definition) is 4. The molecule has 0 spiro atoms. The van der Waals surface area contributed by atoms with Crippen LogP contribution in [0, 0.1) is 0 Å². The van der Waals surface area contributed by atoms with Crippen molar-refractivity contribution >= 4 is 32.2 Å². The lowest BCUT2D eigenvalue weighted by Crippen LogP contribution is -2.35. The van der Waals surface area contributed by atoms with Gasteiger partial charge in [-0.1, -0.05) is 60.7 Å². The number of rotatable bonds is 5. The van der Waals surface area contributed by atoms with Gasteiger partial charge in [-0.15, -0.1) is 0 Å². The number of halogens is 1. The molecule has 33 heavy (non-hydrogen) atoms. The van der Waals surface area contributed by atoms with E-state index < -0.39 is 0 Å². The first-order valence-electron chi connectivity index (χ1n) is 10.9. The van der Waals surface area contributed by atoms with Crippen LogP contribution in [0.5, 0.6) is 11.5 Å². The molecule has 168 valence electrons. The van der Waals surface area contributed by atoms with E-state index in [4.69, 9.17) is 19.2 Å². The lowest BCUT2D eigenvalue weighted by Gasteiger charge is -2.31. The fourth-order valence-electron chi connectivity index (χ4n) is 4.40. The van der Waals surface area contributed by atoms with Gasteiger partial charge in [0, 0.05) is 6.54 Å².